The Morgan fingerprint density at radius 2 is 1.50 bits per heavy atom. The van der Waals surface area contributed by atoms with E-state index in [0.717, 1.165) is 42.0 Å². The summed E-state index contributed by atoms with van der Waals surface area (Å²) in [5.41, 5.74) is 10.4. The molecule has 1 atom stereocenters. The lowest BCUT2D eigenvalue weighted by molar-refractivity contribution is -0.121. The highest BCUT2D eigenvalue weighted by molar-refractivity contribution is 5.93. The van der Waals surface area contributed by atoms with Crippen LogP contribution in [0.25, 0.3) is 11.1 Å². The Balaban J connectivity index is 1.38. The van der Waals surface area contributed by atoms with Gasteiger partial charge in [-0.05, 0) is 54.8 Å². The fourth-order valence-corrected chi connectivity index (χ4v) is 4.25. The van der Waals surface area contributed by atoms with Gasteiger partial charge in [0.15, 0.2) is 5.96 Å². The third-order valence-corrected chi connectivity index (χ3v) is 6.07. The van der Waals surface area contributed by atoms with Crippen LogP contribution >= 0.6 is 0 Å². The second-order valence-corrected chi connectivity index (χ2v) is 8.61. The first-order chi connectivity index (χ1) is 16.7. The molecule has 176 valence electrons. The van der Waals surface area contributed by atoms with Crippen LogP contribution in [0.3, 0.4) is 0 Å². The minimum atomic E-state index is -0.357. The van der Waals surface area contributed by atoms with Crippen molar-refractivity contribution in [2.45, 2.75) is 25.3 Å². The Morgan fingerprint density at radius 3 is 2.18 bits per heavy atom. The molecule has 34 heavy (non-hydrogen) atoms. The summed E-state index contributed by atoms with van der Waals surface area (Å²) >= 11 is 0. The number of nitrogens with one attached hydrogen (secondary N) is 2. The van der Waals surface area contributed by atoms with E-state index in [9.17, 15) is 4.79 Å². The van der Waals surface area contributed by atoms with Crippen molar-refractivity contribution in [3.63, 3.8) is 0 Å². The quantitative estimate of drug-likeness (QED) is 0.329. The number of nitrogens with zero attached hydrogens (tertiary/aromatic N) is 2. The number of likely N-dealkylation sites (tertiary alicyclic amines) is 1. The van der Waals surface area contributed by atoms with Crippen molar-refractivity contribution in [1.29, 1.82) is 0 Å². The highest BCUT2D eigenvalue weighted by Gasteiger charge is 2.17. The average molecular weight is 456 g/mol. The molecule has 1 heterocycles. The zero-order chi connectivity index (χ0) is 23.6. The highest BCUT2D eigenvalue weighted by atomic mass is 16.1. The van der Waals surface area contributed by atoms with Crippen LogP contribution in [0.4, 0.5) is 5.69 Å². The third-order valence-electron chi connectivity index (χ3n) is 6.07. The third kappa shape index (κ3) is 6.93. The monoisotopic (exact) mass is 455 g/mol. The zero-order valence-corrected chi connectivity index (χ0v) is 19.5. The summed E-state index contributed by atoms with van der Waals surface area (Å²) in [6.07, 6.45) is 2.75. The summed E-state index contributed by atoms with van der Waals surface area (Å²) in [5, 5.41) is 6.21. The van der Waals surface area contributed by atoms with Crippen molar-refractivity contribution in [2.75, 3.05) is 31.5 Å². The van der Waals surface area contributed by atoms with Crippen molar-refractivity contribution >= 4 is 17.6 Å². The zero-order valence-electron chi connectivity index (χ0n) is 19.5. The van der Waals surface area contributed by atoms with Gasteiger partial charge >= 0.3 is 0 Å². The molecule has 6 nitrogen and oxygen atoms in total. The van der Waals surface area contributed by atoms with Gasteiger partial charge in [0.25, 0.3) is 0 Å². The standard InChI is InChI=1S/C28H33N5O/c29-28(31-25-15-13-23(14-16-25)22-9-3-1-4-10-22)32-26(24-11-5-2-6-12-24)21-27(34)30-17-20-33-18-7-8-19-33/h1-6,9-16,26H,7-8,17-21H2,(H,30,34)(H3,29,31,32)/t26-/m1/s1. The van der Waals surface area contributed by atoms with Crippen LogP contribution in [0.1, 0.15) is 30.9 Å². The molecule has 0 bridgehead atoms. The Hall–Kier alpha value is -3.64. The number of hydrogen-bond acceptors (Lipinski definition) is 3. The van der Waals surface area contributed by atoms with Gasteiger partial charge in [-0.1, -0.05) is 72.8 Å². The molecule has 0 radical (unpaired) electrons. The van der Waals surface area contributed by atoms with Gasteiger partial charge in [0.2, 0.25) is 5.91 Å². The van der Waals surface area contributed by atoms with E-state index in [1.54, 1.807) is 0 Å². The van der Waals surface area contributed by atoms with Crippen molar-refractivity contribution in [2.24, 2.45) is 10.7 Å². The van der Waals surface area contributed by atoms with Crippen LogP contribution in [0.5, 0.6) is 0 Å². The van der Waals surface area contributed by atoms with E-state index >= 15 is 0 Å². The second kappa shape index (κ2) is 12.0. The minimum absolute atomic E-state index is 0.0168. The summed E-state index contributed by atoms with van der Waals surface area (Å²) in [7, 11) is 0. The lowest BCUT2D eigenvalue weighted by atomic mass is 10.0. The van der Waals surface area contributed by atoms with Crippen molar-refractivity contribution in [3.05, 3.63) is 90.5 Å². The van der Waals surface area contributed by atoms with Gasteiger partial charge in [0.1, 0.15) is 0 Å². The molecule has 1 aliphatic rings. The van der Waals surface area contributed by atoms with Crippen LogP contribution in [0.15, 0.2) is 89.9 Å². The lowest BCUT2D eigenvalue weighted by Gasteiger charge is -2.17. The molecule has 0 saturated carbocycles. The maximum absolute atomic E-state index is 12.7. The van der Waals surface area contributed by atoms with Gasteiger partial charge in [-0.2, -0.15) is 0 Å². The van der Waals surface area contributed by atoms with E-state index in [-0.39, 0.29) is 24.3 Å². The highest BCUT2D eigenvalue weighted by Crippen LogP contribution is 2.23. The first-order valence-corrected chi connectivity index (χ1v) is 12.0. The van der Waals surface area contributed by atoms with E-state index < -0.39 is 0 Å². The SMILES string of the molecule is NC(=N[C@H](CC(=O)NCCN1CCCC1)c1ccccc1)Nc1ccc(-c2ccccc2)cc1. The molecule has 0 unspecified atom stereocenters. The molecule has 0 spiro atoms. The van der Waals surface area contributed by atoms with Crippen LogP contribution in [0.2, 0.25) is 0 Å². The number of carbonyl (C=O) groups is 1. The van der Waals surface area contributed by atoms with Gasteiger partial charge < -0.3 is 21.3 Å². The lowest BCUT2D eigenvalue weighted by Crippen LogP contribution is -2.34. The molecule has 0 aromatic heterocycles. The predicted octanol–water partition coefficient (Wildman–Crippen LogP) is 4.42. The van der Waals surface area contributed by atoms with Crippen LogP contribution in [-0.4, -0.2) is 42.9 Å². The van der Waals surface area contributed by atoms with E-state index in [0.29, 0.717) is 6.54 Å². The molecular weight excluding hydrogens is 422 g/mol. The number of amides is 1. The molecule has 0 aliphatic carbocycles. The molecule has 4 rings (SSSR count). The molecule has 1 fully saturated rings. The minimum Gasteiger partial charge on any atom is -0.370 e. The number of guanidine groups is 1. The van der Waals surface area contributed by atoms with E-state index in [4.69, 9.17) is 5.73 Å². The maximum Gasteiger partial charge on any atom is 0.222 e. The van der Waals surface area contributed by atoms with Crippen LogP contribution < -0.4 is 16.4 Å². The molecule has 1 amide bonds. The fourth-order valence-electron chi connectivity index (χ4n) is 4.25. The van der Waals surface area contributed by atoms with Crippen molar-refractivity contribution in [1.82, 2.24) is 10.2 Å². The molecule has 1 aliphatic heterocycles. The molecule has 4 N–H and O–H groups in total. The fraction of sp³-hybridized carbons (Fsp3) is 0.286. The molecular formula is C28H33N5O. The second-order valence-electron chi connectivity index (χ2n) is 8.61. The van der Waals surface area contributed by atoms with Crippen LogP contribution in [0, 0.1) is 0 Å². The number of nitrogens with two attached hydrogens (primary N) is 1. The summed E-state index contributed by atoms with van der Waals surface area (Å²) in [5.74, 6) is 0.267. The topological polar surface area (TPSA) is 82.7 Å². The Morgan fingerprint density at radius 1 is 0.882 bits per heavy atom. The van der Waals surface area contributed by atoms with Gasteiger partial charge in [0.05, 0.1) is 12.5 Å². The molecule has 3 aromatic rings. The summed E-state index contributed by atoms with van der Waals surface area (Å²) in [6.45, 7) is 3.81. The van der Waals surface area contributed by atoms with Crippen molar-refractivity contribution in [3.8, 4) is 11.1 Å². The van der Waals surface area contributed by atoms with Gasteiger partial charge in [0, 0.05) is 18.8 Å². The van der Waals surface area contributed by atoms with Gasteiger partial charge in [-0.15, -0.1) is 0 Å². The van der Waals surface area contributed by atoms with E-state index in [2.05, 4.69) is 32.7 Å². The first kappa shape index (κ1) is 23.5. The largest absolute Gasteiger partial charge is 0.370 e. The number of rotatable bonds is 9. The van der Waals surface area contributed by atoms with Crippen molar-refractivity contribution < 1.29 is 4.79 Å². The summed E-state index contributed by atoms with van der Waals surface area (Å²) < 4.78 is 0. The smallest absolute Gasteiger partial charge is 0.222 e. The first-order valence-electron chi connectivity index (χ1n) is 12.0. The number of carbonyl (C=O) groups excluding carboxylic acids is 1. The van der Waals surface area contributed by atoms with Gasteiger partial charge in [-0.25, -0.2) is 4.99 Å². The number of anilines is 1. The molecule has 6 heteroatoms. The number of benzene rings is 3. The summed E-state index contributed by atoms with van der Waals surface area (Å²) in [4.78, 5) is 19.7. The number of aliphatic imine (C=N–C) groups is 1. The number of hydrogen-bond donors (Lipinski definition) is 3. The molecule has 3 aromatic carbocycles. The van der Waals surface area contributed by atoms with E-state index in [1.165, 1.54) is 12.8 Å². The Kier molecular flexibility index (Phi) is 8.30. The Labute approximate surface area is 201 Å². The Bertz CT molecular complexity index is 1060. The summed E-state index contributed by atoms with van der Waals surface area (Å²) in [6, 6.07) is 27.7. The molecule has 1 saturated heterocycles. The average Bonchev–Trinajstić information content (AvgIpc) is 3.39. The normalized spacial score (nSPS) is 15.1. The van der Waals surface area contributed by atoms with Gasteiger partial charge in [-0.3, -0.25) is 4.79 Å². The predicted molar refractivity (Wildman–Crippen MR) is 140 cm³/mol. The maximum atomic E-state index is 12.7. The van der Waals surface area contributed by atoms with Crippen LogP contribution in [-0.2, 0) is 4.79 Å². The van der Waals surface area contributed by atoms with E-state index in [1.807, 2.05) is 72.8 Å².